The Hall–Kier alpha value is -1.89. The zero-order valence-corrected chi connectivity index (χ0v) is 11.4. The molecular weight excluding hydrogens is 287 g/mol. The van der Waals surface area contributed by atoms with Gasteiger partial charge in [0.15, 0.2) is 0 Å². The molecule has 0 aliphatic rings. The maximum atomic E-state index is 12.4. The minimum atomic E-state index is -4.30. The fraction of sp³-hybridized carbons (Fsp3) is 0.231. The third-order valence-corrected chi connectivity index (χ3v) is 3.00. The number of hydrogen-bond donors (Lipinski definition) is 1. The van der Waals surface area contributed by atoms with Crippen molar-refractivity contribution in [3.05, 3.63) is 35.9 Å². The van der Waals surface area contributed by atoms with Crippen LogP contribution in [0.15, 0.2) is 30.3 Å². The molecule has 2 aromatic rings. The van der Waals surface area contributed by atoms with Crippen molar-refractivity contribution in [1.29, 1.82) is 0 Å². The van der Waals surface area contributed by atoms with Gasteiger partial charge >= 0.3 is 6.18 Å². The van der Waals surface area contributed by atoms with Gasteiger partial charge in [0.05, 0.1) is 5.52 Å². The third-order valence-electron chi connectivity index (χ3n) is 2.78. The van der Waals surface area contributed by atoms with Gasteiger partial charge in [-0.3, -0.25) is 0 Å². The minimum absolute atomic E-state index is 0.130. The number of hydrogen-bond acceptors (Lipinski definition) is 3. The fourth-order valence-electron chi connectivity index (χ4n) is 1.91. The highest BCUT2D eigenvalue weighted by atomic mass is 32.1. The highest BCUT2D eigenvalue weighted by Crippen LogP contribution is 2.25. The Bertz CT molecular complexity index is 655. The maximum absolute atomic E-state index is 12.4. The van der Waals surface area contributed by atoms with E-state index >= 15 is 0 Å². The second kappa shape index (κ2) is 5.24. The van der Waals surface area contributed by atoms with E-state index in [0.29, 0.717) is 11.1 Å². The molecule has 106 valence electrons. The molecule has 0 bridgehead atoms. The number of nitrogens with two attached hydrogens (primary N) is 1. The van der Waals surface area contributed by atoms with Crippen molar-refractivity contribution >= 4 is 33.9 Å². The first-order valence-corrected chi connectivity index (χ1v) is 6.16. The molecule has 0 saturated heterocycles. The number of aromatic nitrogens is 1. The summed E-state index contributed by atoms with van der Waals surface area (Å²) in [6.07, 6.45) is -4.30. The van der Waals surface area contributed by atoms with E-state index < -0.39 is 12.7 Å². The van der Waals surface area contributed by atoms with Gasteiger partial charge < -0.3 is 10.6 Å². The van der Waals surface area contributed by atoms with Gasteiger partial charge in [-0.1, -0.05) is 30.4 Å². The number of thiocarbonyl (C=S) groups is 1. The summed E-state index contributed by atoms with van der Waals surface area (Å²) in [5.74, 6) is 0.184. The van der Waals surface area contributed by atoms with E-state index in [1.54, 1.807) is 24.3 Å². The van der Waals surface area contributed by atoms with Gasteiger partial charge in [0.1, 0.15) is 17.4 Å². The van der Waals surface area contributed by atoms with E-state index in [1.165, 1.54) is 13.1 Å². The van der Waals surface area contributed by atoms with Gasteiger partial charge in [0.2, 0.25) is 0 Å². The van der Waals surface area contributed by atoms with E-state index in [4.69, 9.17) is 18.0 Å². The Morgan fingerprint density at radius 2 is 2.00 bits per heavy atom. The average Bonchev–Trinajstić information content (AvgIpc) is 2.35. The highest BCUT2D eigenvalue weighted by molar-refractivity contribution is 7.80. The average molecular weight is 299 g/mol. The van der Waals surface area contributed by atoms with Crippen molar-refractivity contribution in [2.75, 3.05) is 18.5 Å². The standard InChI is InChI=1S/C13H12F3N3S/c1-19(7-13(14,15)16)11-6-9(12(17)20)8-4-2-3-5-10(8)18-11/h2-6H,7H2,1H3,(H2,17,20). The van der Waals surface area contributed by atoms with Crippen molar-refractivity contribution < 1.29 is 13.2 Å². The number of rotatable bonds is 3. The van der Waals surface area contributed by atoms with E-state index in [2.05, 4.69) is 4.98 Å². The first kappa shape index (κ1) is 14.5. The SMILES string of the molecule is CN(CC(F)(F)F)c1cc(C(N)=S)c2ccccc2n1. The number of fused-ring (bicyclic) bond motifs is 1. The topological polar surface area (TPSA) is 42.1 Å². The monoisotopic (exact) mass is 299 g/mol. The van der Waals surface area contributed by atoms with Crippen molar-refractivity contribution in [3.8, 4) is 0 Å². The van der Waals surface area contributed by atoms with Crippen LogP contribution in [0.3, 0.4) is 0 Å². The lowest BCUT2D eigenvalue weighted by Gasteiger charge is -2.21. The van der Waals surface area contributed by atoms with Crippen LogP contribution in [-0.2, 0) is 0 Å². The van der Waals surface area contributed by atoms with E-state index in [0.717, 1.165) is 10.3 Å². The predicted molar refractivity (Wildman–Crippen MR) is 77.0 cm³/mol. The molecule has 0 fully saturated rings. The number of benzene rings is 1. The molecule has 7 heteroatoms. The van der Waals surface area contributed by atoms with Gasteiger partial charge in [-0.25, -0.2) is 4.98 Å². The summed E-state index contributed by atoms with van der Waals surface area (Å²) in [5, 5.41) is 0.726. The summed E-state index contributed by atoms with van der Waals surface area (Å²) >= 11 is 4.95. The lowest BCUT2D eigenvalue weighted by atomic mass is 10.1. The molecule has 0 radical (unpaired) electrons. The Labute approximate surface area is 119 Å². The van der Waals surface area contributed by atoms with Crippen LogP contribution in [0.5, 0.6) is 0 Å². The molecule has 3 nitrogen and oxygen atoms in total. The van der Waals surface area contributed by atoms with Gasteiger partial charge in [0.25, 0.3) is 0 Å². The molecule has 2 rings (SSSR count). The molecule has 1 aromatic heterocycles. The van der Waals surface area contributed by atoms with E-state index in [1.807, 2.05) is 0 Å². The minimum Gasteiger partial charge on any atom is -0.389 e. The molecule has 0 aliphatic carbocycles. The molecule has 0 amide bonds. The van der Waals surface area contributed by atoms with Gasteiger partial charge in [0, 0.05) is 18.0 Å². The molecule has 0 spiro atoms. The molecule has 20 heavy (non-hydrogen) atoms. The van der Waals surface area contributed by atoms with Crippen LogP contribution in [-0.4, -0.2) is 29.7 Å². The number of anilines is 1. The van der Waals surface area contributed by atoms with Crippen LogP contribution in [0.1, 0.15) is 5.56 Å². The van der Waals surface area contributed by atoms with E-state index in [9.17, 15) is 13.2 Å². The van der Waals surface area contributed by atoms with Crippen LogP contribution in [0, 0.1) is 0 Å². The predicted octanol–water partition coefficient (Wildman–Crippen LogP) is 2.87. The summed E-state index contributed by atoms with van der Waals surface area (Å²) in [6.45, 7) is -1.09. The first-order valence-electron chi connectivity index (χ1n) is 5.75. The molecule has 0 atom stereocenters. The zero-order chi connectivity index (χ0) is 14.9. The number of alkyl halides is 3. The van der Waals surface area contributed by atoms with Crippen molar-refractivity contribution in [2.45, 2.75) is 6.18 Å². The van der Waals surface area contributed by atoms with Crippen molar-refractivity contribution in [3.63, 3.8) is 0 Å². The number of halogens is 3. The zero-order valence-electron chi connectivity index (χ0n) is 10.6. The van der Waals surface area contributed by atoms with Gasteiger partial charge in [-0.15, -0.1) is 0 Å². The number of nitrogens with zero attached hydrogens (tertiary/aromatic N) is 2. The van der Waals surface area contributed by atoms with Crippen LogP contribution >= 0.6 is 12.2 Å². The molecule has 1 heterocycles. The Morgan fingerprint density at radius 3 is 2.60 bits per heavy atom. The van der Waals surface area contributed by atoms with Gasteiger partial charge in [-0.05, 0) is 12.1 Å². The normalized spacial score (nSPS) is 11.6. The van der Waals surface area contributed by atoms with Crippen molar-refractivity contribution in [1.82, 2.24) is 4.98 Å². The molecule has 1 aromatic carbocycles. The summed E-state index contributed by atoms with van der Waals surface area (Å²) in [7, 11) is 1.33. The Morgan fingerprint density at radius 1 is 1.35 bits per heavy atom. The van der Waals surface area contributed by atoms with Gasteiger partial charge in [-0.2, -0.15) is 13.2 Å². The van der Waals surface area contributed by atoms with Crippen molar-refractivity contribution in [2.24, 2.45) is 5.73 Å². The maximum Gasteiger partial charge on any atom is 0.405 e. The van der Waals surface area contributed by atoms with Crippen LogP contribution < -0.4 is 10.6 Å². The molecule has 0 saturated carbocycles. The molecule has 0 aliphatic heterocycles. The largest absolute Gasteiger partial charge is 0.405 e. The summed E-state index contributed by atoms with van der Waals surface area (Å²) in [4.78, 5) is 5.37. The van der Waals surface area contributed by atoms with Crippen LogP contribution in [0.4, 0.5) is 19.0 Å². The lowest BCUT2D eigenvalue weighted by molar-refractivity contribution is -0.119. The molecule has 2 N–H and O–H groups in total. The second-order valence-corrected chi connectivity index (χ2v) is 4.82. The fourth-order valence-corrected chi connectivity index (χ4v) is 2.08. The quantitative estimate of drug-likeness (QED) is 0.885. The smallest absolute Gasteiger partial charge is 0.389 e. The Kier molecular flexibility index (Phi) is 3.80. The number of pyridine rings is 1. The summed E-state index contributed by atoms with van der Waals surface area (Å²) in [6, 6.07) is 8.53. The Balaban J connectivity index is 2.53. The highest BCUT2D eigenvalue weighted by Gasteiger charge is 2.30. The molecule has 0 unspecified atom stereocenters. The molecular formula is C13H12F3N3S. The lowest BCUT2D eigenvalue weighted by Crippen LogP contribution is -2.31. The van der Waals surface area contributed by atoms with E-state index in [-0.39, 0.29) is 10.8 Å². The third kappa shape index (κ3) is 3.16. The van der Waals surface area contributed by atoms with Crippen LogP contribution in [0.2, 0.25) is 0 Å². The van der Waals surface area contributed by atoms with Crippen LogP contribution in [0.25, 0.3) is 10.9 Å². The number of para-hydroxylation sites is 1. The summed E-state index contributed by atoms with van der Waals surface area (Å²) in [5.41, 5.74) is 6.72. The summed E-state index contributed by atoms with van der Waals surface area (Å²) < 4.78 is 37.3. The first-order chi connectivity index (χ1) is 9.28. The second-order valence-electron chi connectivity index (χ2n) is 4.38.